The normalized spacial score (nSPS) is 15.6. The average molecular weight is 477 g/mol. The number of ether oxygens (including phenoxy) is 1. The Balaban J connectivity index is 1.70. The molecule has 11 nitrogen and oxygen atoms in total. The van der Waals surface area contributed by atoms with Crippen molar-refractivity contribution in [2.45, 2.75) is 50.2 Å². The molecule has 1 aliphatic rings. The molecule has 1 aliphatic heterocycles. The third-order valence-corrected chi connectivity index (χ3v) is 5.88. The van der Waals surface area contributed by atoms with E-state index in [4.69, 9.17) is 4.74 Å². The minimum atomic E-state index is -1.12. The van der Waals surface area contributed by atoms with Crippen LogP contribution in [0, 0.1) is 10.1 Å². The maximum Gasteiger partial charge on any atom is 0.410 e. The van der Waals surface area contributed by atoms with Crippen molar-refractivity contribution in [3.8, 4) is 0 Å². The molecule has 0 bridgehead atoms. The molecule has 0 radical (unpaired) electrons. The van der Waals surface area contributed by atoms with Crippen molar-refractivity contribution < 1.29 is 18.7 Å². The minimum Gasteiger partial charge on any atom is -0.444 e. The fourth-order valence-corrected chi connectivity index (χ4v) is 3.86. The van der Waals surface area contributed by atoms with Gasteiger partial charge in [-0.15, -0.1) is 0 Å². The van der Waals surface area contributed by atoms with Gasteiger partial charge in [0.05, 0.1) is 4.92 Å². The lowest BCUT2D eigenvalue weighted by Gasteiger charge is -2.33. The molecular weight excluding hydrogens is 448 g/mol. The van der Waals surface area contributed by atoms with E-state index in [1.165, 1.54) is 6.33 Å². The fourth-order valence-electron chi connectivity index (χ4n) is 3.34. The second-order valence-electron chi connectivity index (χ2n) is 8.67. The van der Waals surface area contributed by atoms with Crippen molar-refractivity contribution >= 4 is 39.9 Å². The Kier molecular flexibility index (Phi) is 7.46. The summed E-state index contributed by atoms with van der Waals surface area (Å²) in [5.41, 5.74) is -0.261. The van der Waals surface area contributed by atoms with E-state index in [0.717, 1.165) is 0 Å². The van der Waals surface area contributed by atoms with E-state index in [0.29, 0.717) is 36.5 Å². The Morgan fingerprint density at radius 3 is 2.33 bits per heavy atom. The number of hydrogen-bond acceptors (Lipinski definition) is 9. The highest BCUT2D eigenvalue weighted by molar-refractivity contribution is 7.84. The van der Waals surface area contributed by atoms with Crippen LogP contribution in [0.25, 0.3) is 0 Å². The monoisotopic (exact) mass is 476 g/mol. The zero-order chi connectivity index (χ0) is 24.2. The van der Waals surface area contributed by atoms with Crippen LogP contribution in [0.15, 0.2) is 35.5 Å². The van der Waals surface area contributed by atoms with Gasteiger partial charge in [-0.05, 0) is 57.9 Å². The lowest BCUT2D eigenvalue weighted by atomic mass is 10.1. The Bertz CT molecular complexity index is 1030. The Morgan fingerprint density at radius 1 is 1.18 bits per heavy atom. The third kappa shape index (κ3) is 6.60. The largest absolute Gasteiger partial charge is 0.444 e. The van der Waals surface area contributed by atoms with Gasteiger partial charge in [0.25, 0.3) is 0 Å². The predicted octanol–water partition coefficient (Wildman–Crippen LogP) is 3.68. The van der Waals surface area contributed by atoms with Crippen molar-refractivity contribution in [2.24, 2.45) is 0 Å². The van der Waals surface area contributed by atoms with Crippen molar-refractivity contribution in [3.05, 3.63) is 40.7 Å². The quantitative estimate of drug-likeness (QED) is 0.472. The lowest BCUT2D eigenvalue weighted by Crippen LogP contribution is -2.44. The number of nitrogens with one attached hydrogen (secondary N) is 2. The summed E-state index contributed by atoms with van der Waals surface area (Å²) in [5, 5.41) is 17.9. The minimum absolute atomic E-state index is 0.0501. The number of piperidine rings is 1. The van der Waals surface area contributed by atoms with E-state index < -0.39 is 21.3 Å². The maximum atomic E-state index is 12.2. The molecule has 2 N–H and O–H groups in total. The van der Waals surface area contributed by atoms with Crippen molar-refractivity contribution in [2.75, 3.05) is 30.0 Å². The van der Waals surface area contributed by atoms with Gasteiger partial charge in [0.2, 0.25) is 11.6 Å². The standard InChI is InChI=1S/C21H28N6O5S/c1-21(2,3)32-20(28)26-11-9-15(10-12-26)25-19-17(27(29)30)18(22-13-23-19)24-14-5-7-16(8-6-14)33(4)31/h5-8,13,15H,9-12H2,1-4H3,(H2,22,23,24,25). The molecular formula is C21H28N6O5S. The zero-order valence-electron chi connectivity index (χ0n) is 19.0. The van der Waals surface area contributed by atoms with Crippen LogP contribution in [0.2, 0.25) is 0 Å². The molecule has 0 spiro atoms. The van der Waals surface area contributed by atoms with E-state index in [9.17, 15) is 19.1 Å². The predicted molar refractivity (Wildman–Crippen MR) is 125 cm³/mol. The average Bonchev–Trinajstić information content (AvgIpc) is 2.73. The maximum absolute atomic E-state index is 12.2. The molecule has 1 saturated heterocycles. The van der Waals surface area contributed by atoms with Crippen molar-refractivity contribution in [3.63, 3.8) is 0 Å². The SMILES string of the molecule is CS(=O)c1ccc(Nc2ncnc(NC3CCN(C(=O)OC(C)(C)C)CC3)c2[N+](=O)[O-])cc1. The molecule has 1 amide bonds. The van der Waals surface area contributed by atoms with Gasteiger partial charge in [0.15, 0.2) is 0 Å². The van der Waals surface area contributed by atoms with Gasteiger partial charge in [0.1, 0.15) is 11.9 Å². The molecule has 2 aromatic rings. The molecule has 1 atom stereocenters. The highest BCUT2D eigenvalue weighted by Crippen LogP contribution is 2.32. The number of amides is 1. The Morgan fingerprint density at radius 2 is 1.79 bits per heavy atom. The van der Waals surface area contributed by atoms with Gasteiger partial charge < -0.3 is 20.3 Å². The van der Waals surface area contributed by atoms with Gasteiger partial charge in [-0.2, -0.15) is 0 Å². The van der Waals surface area contributed by atoms with Crippen LogP contribution in [-0.4, -0.2) is 61.1 Å². The number of anilines is 3. The second kappa shape index (κ2) is 10.1. The number of rotatable bonds is 6. The number of likely N-dealkylation sites (tertiary alicyclic amines) is 1. The van der Waals surface area contributed by atoms with E-state index in [2.05, 4.69) is 20.6 Å². The molecule has 1 fully saturated rings. The van der Waals surface area contributed by atoms with Crippen LogP contribution in [0.3, 0.4) is 0 Å². The summed E-state index contributed by atoms with van der Waals surface area (Å²) in [6, 6.07) is 6.64. The second-order valence-corrected chi connectivity index (χ2v) is 10.0. The van der Waals surface area contributed by atoms with Gasteiger partial charge in [-0.1, -0.05) is 0 Å². The van der Waals surface area contributed by atoms with Crippen LogP contribution in [0.4, 0.5) is 27.8 Å². The topological polar surface area (TPSA) is 140 Å². The highest BCUT2D eigenvalue weighted by atomic mass is 32.2. The lowest BCUT2D eigenvalue weighted by molar-refractivity contribution is -0.383. The summed E-state index contributed by atoms with van der Waals surface area (Å²) < 4.78 is 17.0. The number of carbonyl (C=O) groups excluding carboxylic acids is 1. The summed E-state index contributed by atoms with van der Waals surface area (Å²) >= 11 is 0. The van der Waals surface area contributed by atoms with Crippen LogP contribution in [0.5, 0.6) is 0 Å². The first kappa shape index (κ1) is 24.4. The molecule has 3 rings (SSSR count). The Hall–Kier alpha value is -3.28. The molecule has 1 unspecified atom stereocenters. The Labute approximate surface area is 194 Å². The smallest absolute Gasteiger partial charge is 0.410 e. The molecule has 12 heteroatoms. The summed E-state index contributed by atoms with van der Waals surface area (Å²) in [6.07, 6.45) is 3.66. The van der Waals surface area contributed by atoms with E-state index in [1.54, 1.807) is 35.4 Å². The fraction of sp³-hybridized carbons (Fsp3) is 0.476. The molecule has 1 aromatic heterocycles. The third-order valence-electron chi connectivity index (χ3n) is 4.94. The molecule has 2 heterocycles. The first-order valence-electron chi connectivity index (χ1n) is 10.5. The van der Waals surface area contributed by atoms with Gasteiger partial charge in [0, 0.05) is 46.8 Å². The number of nitrogens with zero attached hydrogens (tertiary/aromatic N) is 4. The van der Waals surface area contributed by atoms with E-state index >= 15 is 0 Å². The number of nitro groups is 1. The molecule has 0 aliphatic carbocycles. The summed E-state index contributed by atoms with van der Waals surface area (Å²) in [7, 11) is -1.12. The van der Waals surface area contributed by atoms with Gasteiger partial charge in [-0.3, -0.25) is 14.3 Å². The van der Waals surface area contributed by atoms with E-state index in [-0.39, 0.29) is 29.5 Å². The summed E-state index contributed by atoms with van der Waals surface area (Å²) in [6.45, 7) is 6.40. The summed E-state index contributed by atoms with van der Waals surface area (Å²) in [4.78, 5) is 34.0. The van der Waals surface area contributed by atoms with Gasteiger partial charge >= 0.3 is 11.8 Å². The number of hydrogen-bond donors (Lipinski definition) is 2. The first-order valence-corrected chi connectivity index (χ1v) is 12.0. The zero-order valence-corrected chi connectivity index (χ0v) is 19.8. The molecule has 33 heavy (non-hydrogen) atoms. The molecule has 0 saturated carbocycles. The highest BCUT2D eigenvalue weighted by Gasteiger charge is 2.29. The van der Waals surface area contributed by atoms with Gasteiger partial charge in [-0.25, -0.2) is 14.8 Å². The van der Waals surface area contributed by atoms with Crippen molar-refractivity contribution in [1.82, 2.24) is 14.9 Å². The van der Waals surface area contributed by atoms with E-state index in [1.807, 2.05) is 20.8 Å². The van der Waals surface area contributed by atoms with Crippen LogP contribution in [0.1, 0.15) is 33.6 Å². The van der Waals surface area contributed by atoms with Crippen LogP contribution >= 0.6 is 0 Å². The number of benzene rings is 1. The number of carbonyl (C=O) groups is 1. The number of aromatic nitrogens is 2. The molecule has 178 valence electrons. The first-order chi connectivity index (χ1) is 15.5. The van der Waals surface area contributed by atoms with Crippen molar-refractivity contribution in [1.29, 1.82) is 0 Å². The van der Waals surface area contributed by atoms with Crippen LogP contribution in [-0.2, 0) is 15.5 Å². The molecule has 1 aromatic carbocycles. The summed E-state index contributed by atoms with van der Waals surface area (Å²) in [5.74, 6) is 0.161. The van der Waals surface area contributed by atoms with Crippen LogP contribution < -0.4 is 10.6 Å².